The Morgan fingerprint density at radius 1 is 1.60 bits per heavy atom. The Labute approximate surface area is 88.9 Å². The van der Waals surface area contributed by atoms with Gasteiger partial charge < -0.3 is 11.1 Å². The van der Waals surface area contributed by atoms with E-state index in [2.05, 4.69) is 10.3 Å². The summed E-state index contributed by atoms with van der Waals surface area (Å²) in [6.07, 6.45) is 6.82. The summed E-state index contributed by atoms with van der Waals surface area (Å²) in [6.45, 7) is 0.764. The SMILES string of the molecule is Nc1cnccc1C(=O)NCC1CCC1. The van der Waals surface area contributed by atoms with Crippen molar-refractivity contribution >= 4 is 11.6 Å². The summed E-state index contributed by atoms with van der Waals surface area (Å²) >= 11 is 0. The van der Waals surface area contributed by atoms with Crippen LogP contribution in [-0.2, 0) is 0 Å². The van der Waals surface area contributed by atoms with Crippen LogP contribution >= 0.6 is 0 Å². The zero-order valence-corrected chi connectivity index (χ0v) is 8.57. The fourth-order valence-electron chi connectivity index (χ4n) is 1.64. The van der Waals surface area contributed by atoms with E-state index < -0.39 is 0 Å². The second kappa shape index (κ2) is 4.29. The number of nitrogens with one attached hydrogen (secondary N) is 1. The molecule has 1 aliphatic rings. The first kappa shape index (κ1) is 9.96. The lowest BCUT2D eigenvalue weighted by atomic mass is 9.85. The normalized spacial score (nSPS) is 15.7. The van der Waals surface area contributed by atoms with Crippen molar-refractivity contribution in [3.05, 3.63) is 24.0 Å². The molecule has 0 unspecified atom stereocenters. The highest BCUT2D eigenvalue weighted by molar-refractivity contribution is 5.98. The van der Waals surface area contributed by atoms with Crippen LogP contribution < -0.4 is 11.1 Å². The van der Waals surface area contributed by atoms with Gasteiger partial charge in [0.1, 0.15) is 0 Å². The van der Waals surface area contributed by atoms with Gasteiger partial charge in [-0.15, -0.1) is 0 Å². The van der Waals surface area contributed by atoms with Gasteiger partial charge in [-0.25, -0.2) is 0 Å². The van der Waals surface area contributed by atoms with Gasteiger partial charge in [0.25, 0.3) is 5.91 Å². The molecular formula is C11H15N3O. The molecule has 80 valence electrons. The summed E-state index contributed by atoms with van der Waals surface area (Å²) in [4.78, 5) is 15.5. The van der Waals surface area contributed by atoms with E-state index in [0.29, 0.717) is 17.2 Å². The molecule has 0 aromatic carbocycles. The highest BCUT2D eigenvalue weighted by Crippen LogP contribution is 2.25. The maximum absolute atomic E-state index is 11.7. The van der Waals surface area contributed by atoms with Crippen LogP contribution in [0.5, 0.6) is 0 Å². The van der Waals surface area contributed by atoms with Crippen molar-refractivity contribution in [2.45, 2.75) is 19.3 Å². The van der Waals surface area contributed by atoms with Gasteiger partial charge >= 0.3 is 0 Å². The Kier molecular flexibility index (Phi) is 2.85. The predicted octanol–water partition coefficient (Wildman–Crippen LogP) is 1.19. The van der Waals surface area contributed by atoms with Crippen LogP contribution in [0.25, 0.3) is 0 Å². The van der Waals surface area contributed by atoms with Crippen LogP contribution in [0.15, 0.2) is 18.5 Å². The van der Waals surface area contributed by atoms with Crippen molar-refractivity contribution in [2.75, 3.05) is 12.3 Å². The third-order valence-electron chi connectivity index (χ3n) is 2.87. The quantitative estimate of drug-likeness (QED) is 0.779. The average molecular weight is 205 g/mol. The van der Waals surface area contributed by atoms with E-state index >= 15 is 0 Å². The molecule has 1 aromatic rings. The molecule has 1 fully saturated rings. The van der Waals surface area contributed by atoms with Crippen LogP contribution in [0.1, 0.15) is 29.6 Å². The lowest BCUT2D eigenvalue weighted by Crippen LogP contribution is -2.32. The second-order valence-corrected chi connectivity index (χ2v) is 3.97. The average Bonchev–Trinajstić information content (AvgIpc) is 2.16. The van der Waals surface area contributed by atoms with Crippen molar-refractivity contribution in [2.24, 2.45) is 5.92 Å². The summed E-state index contributed by atoms with van der Waals surface area (Å²) in [7, 11) is 0. The molecule has 1 aliphatic carbocycles. The molecule has 1 saturated carbocycles. The van der Waals surface area contributed by atoms with Crippen molar-refractivity contribution in [3.63, 3.8) is 0 Å². The fourth-order valence-corrected chi connectivity index (χ4v) is 1.64. The molecule has 2 rings (SSSR count). The van der Waals surface area contributed by atoms with Crippen LogP contribution in [0.4, 0.5) is 5.69 Å². The Bertz CT molecular complexity index is 361. The lowest BCUT2D eigenvalue weighted by molar-refractivity contribution is 0.0940. The number of carbonyl (C=O) groups excluding carboxylic acids is 1. The molecule has 0 spiro atoms. The van der Waals surface area contributed by atoms with Gasteiger partial charge in [0.2, 0.25) is 0 Å². The first-order valence-corrected chi connectivity index (χ1v) is 5.25. The van der Waals surface area contributed by atoms with Gasteiger partial charge in [-0.2, -0.15) is 0 Å². The Hall–Kier alpha value is -1.58. The minimum Gasteiger partial charge on any atom is -0.397 e. The van der Waals surface area contributed by atoms with Crippen molar-refractivity contribution in [3.8, 4) is 0 Å². The molecule has 4 nitrogen and oxygen atoms in total. The van der Waals surface area contributed by atoms with Crippen molar-refractivity contribution < 1.29 is 4.79 Å². The van der Waals surface area contributed by atoms with Gasteiger partial charge in [-0.1, -0.05) is 6.42 Å². The number of hydrogen-bond donors (Lipinski definition) is 2. The van der Waals surface area contributed by atoms with E-state index in [9.17, 15) is 4.79 Å². The summed E-state index contributed by atoms with van der Waals surface area (Å²) in [5.41, 5.74) is 6.60. The summed E-state index contributed by atoms with van der Waals surface area (Å²) in [5.74, 6) is 0.568. The third-order valence-corrected chi connectivity index (χ3v) is 2.87. The number of nitrogens with zero attached hydrogens (tertiary/aromatic N) is 1. The fraction of sp³-hybridized carbons (Fsp3) is 0.455. The van der Waals surface area contributed by atoms with Crippen LogP contribution in [0.3, 0.4) is 0 Å². The minimum absolute atomic E-state index is 0.0956. The predicted molar refractivity (Wildman–Crippen MR) is 58.3 cm³/mol. The van der Waals surface area contributed by atoms with Gasteiger partial charge in [-0.3, -0.25) is 9.78 Å². The molecule has 1 amide bonds. The number of pyridine rings is 1. The minimum atomic E-state index is -0.0956. The van der Waals surface area contributed by atoms with E-state index in [0.717, 1.165) is 6.54 Å². The smallest absolute Gasteiger partial charge is 0.253 e. The summed E-state index contributed by atoms with van der Waals surface area (Å²) in [5, 5.41) is 2.90. The van der Waals surface area contributed by atoms with E-state index in [1.54, 1.807) is 12.3 Å². The number of hydrogen-bond acceptors (Lipinski definition) is 3. The molecular weight excluding hydrogens is 190 g/mol. The third kappa shape index (κ3) is 2.26. The number of nitrogens with two attached hydrogens (primary N) is 1. The van der Waals surface area contributed by atoms with Crippen LogP contribution in [0.2, 0.25) is 0 Å². The highest BCUT2D eigenvalue weighted by atomic mass is 16.1. The van der Waals surface area contributed by atoms with Gasteiger partial charge in [0.15, 0.2) is 0 Å². The number of rotatable bonds is 3. The number of nitrogen functional groups attached to an aromatic ring is 1. The molecule has 15 heavy (non-hydrogen) atoms. The molecule has 1 aromatic heterocycles. The Morgan fingerprint density at radius 3 is 3.00 bits per heavy atom. The van der Waals surface area contributed by atoms with E-state index in [1.165, 1.54) is 25.5 Å². The standard InChI is InChI=1S/C11H15N3O/c12-10-7-13-5-4-9(10)11(15)14-6-8-2-1-3-8/h4-5,7-8H,1-3,6,12H2,(H,14,15). The number of aromatic nitrogens is 1. The van der Waals surface area contributed by atoms with Gasteiger partial charge in [0.05, 0.1) is 17.4 Å². The van der Waals surface area contributed by atoms with Crippen molar-refractivity contribution in [1.29, 1.82) is 0 Å². The summed E-state index contributed by atoms with van der Waals surface area (Å²) in [6, 6.07) is 1.64. The number of carbonyl (C=O) groups is 1. The molecule has 1 heterocycles. The maximum Gasteiger partial charge on any atom is 0.253 e. The van der Waals surface area contributed by atoms with Gasteiger partial charge in [-0.05, 0) is 24.8 Å². The second-order valence-electron chi connectivity index (χ2n) is 3.97. The molecule has 0 bridgehead atoms. The number of amides is 1. The summed E-state index contributed by atoms with van der Waals surface area (Å²) < 4.78 is 0. The Morgan fingerprint density at radius 2 is 2.40 bits per heavy atom. The maximum atomic E-state index is 11.7. The number of anilines is 1. The lowest BCUT2D eigenvalue weighted by Gasteiger charge is -2.25. The zero-order chi connectivity index (χ0) is 10.7. The molecule has 0 atom stereocenters. The monoisotopic (exact) mass is 205 g/mol. The molecule has 0 aliphatic heterocycles. The van der Waals surface area contributed by atoms with Gasteiger partial charge in [0, 0.05) is 12.7 Å². The van der Waals surface area contributed by atoms with E-state index in [-0.39, 0.29) is 5.91 Å². The molecule has 0 saturated heterocycles. The van der Waals surface area contributed by atoms with Crippen molar-refractivity contribution in [1.82, 2.24) is 10.3 Å². The molecule has 3 N–H and O–H groups in total. The Balaban J connectivity index is 1.92. The van der Waals surface area contributed by atoms with Crippen LogP contribution in [0, 0.1) is 5.92 Å². The largest absolute Gasteiger partial charge is 0.397 e. The highest BCUT2D eigenvalue weighted by Gasteiger charge is 2.18. The van der Waals surface area contributed by atoms with Crippen LogP contribution in [-0.4, -0.2) is 17.4 Å². The topological polar surface area (TPSA) is 68.0 Å². The first-order chi connectivity index (χ1) is 7.27. The molecule has 0 radical (unpaired) electrons. The first-order valence-electron chi connectivity index (χ1n) is 5.25. The zero-order valence-electron chi connectivity index (χ0n) is 8.57. The molecule has 4 heteroatoms. The van der Waals surface area contributed by atoms with E-state index in [4.69, 9.17) is 5.73 Å². The van der Waals surface area contributed by atoms with E-state index in [1.807, 2.05) is 0 Å².